The van der Waals surface area contributed by atoms with Crippen LogP contribution in [0.5, 0.6) is 0 Å². The number of carboxylic acids is 2. The fourth-order valence-corrected chi connectivity index (χ4v) is 5.74. The van der Waals surface area contributed by atoms with Crippen LogP contribution in [0.3, 0.4) is 0 Å². The number of carboxylic acid groups (broad SMARTS) is 2. The van der Waals surface area contributed by atoms with Crippen molar-refractivity contribution in [2.45, 2.75) is 0 Å². The quantitative estimate of drug-likeness (QED) is 0.309. The molecule has 0 radical (unpaired) electrons. The predicted octanol–water partition coefficient (Wildman–Crippen LogP) is 1.74. The van der Waals surface area contributed by atoms with E-state index in [0.717, 1.165) is 74.4 Å². The molecule has 0 amide bonds. The van der Waals surface area contributed by atoms with Crippen LogP contribution in [0, 0.1) is 0 Å². The molecule has 1 aliphatic carbocycles. The molecule has 2 fully saturated rings. The molecular formula is C31H32N4O5. The maximum atomic E-state index is 12.3. The first-order valence-corrected chi connectivity index (χ1v) is 13.6. The van der Waals surface area contributed by atoms with Crippen molar-refractivity contribution >= 4 is 28.6 Å². The predicted molar refractivity (Wildman–Crippen MR) is 152 cm³/mol. The van der Waals surface area contributed by atoms with Crippen LogP contribution in [0.15, 0.2) is 59.0 Å². The fourth-order valence-electron chi connectivity index (χ4n) is 5.74. The molecule has 2 saturated heterocycles. The molecule has 206 valence electrons. The largest absolute Gasteiger partial charge is 0.545 e. The Balaban J connectivity index is 1.62. The van der Waals surface area contributed by atoms with E-state index in [-0.39, 0.29) is 11.1 Å². The minimum absolute atomic E-state index is 0.0186. The van der Waals surface area contributed by atoms with Gasteiger partial charge in [-0.1, -0.05) is 6.07 Å². The standard InChI is InChI=1S/C31H32N4O5/c1-32-9-13-34(14-10-32)21-4-7-24-27(18-21)40-28-19-22(35-15-11-33(2)12-16-35)5-8-25(28)29(24)26-17-20(30(36)37)3-6-23(26)31(38)39/h3-8,17-19H,9-16H2,1-2H3,(H-,36,37,38,39). The normalized spacial score (nSPS) is 17.1. The second kappa shape index (κ2) is 10.4. The molecule has 9 heteroatoms. The zero-order chi connectivity index (χ0) is 28.0. The van der Waals surface area contributed by atoms with E-state index in [0.29, 0.717) is 22.5 Å². The number of rotatable bonds is 4. The molecule has 0 bridgehead atoms. The van der Waals surface area contributed by atoms with Crippen LogP contribution in [0.25, 0.3) is 33.4 Å². The van der Waals surface area contributed by atoms with Crippen LogP contribution in [0.2, 0.25) is 0 Å². The van der Waals surface area contributed by atoms with Gasteiger partial charge in [-0.2, -0.15) is 0 Å². The van der Waals surface area contributed by atoms with Crippen molar-refractivity contribution in [3.05, 3.63) is 71.1 Å². The summed E-state index contributed by atoms with van der Waals surface area (Å²) in [5.74, 6) is -1.88. The van der Waals surface area contributed by atoms with Crippen molar-refractivity contribution in [3.8, 4) is 22.5 Å². The Kier molecular flexibility index (Phi) is 6.77. The zero-order valence-electron chi connectivity index (χ0n) is 22.7. The van der Waals surface area contributed by atoms with E-state index in [1.165, 1.54) is 18.2 Å². The number of carbonyl (C=O) groups is 2. The first-order chi connectivity index (χ1) is 19.3. The summed E-state index contributed by atoms with van der Waals surface area (Å²) in [6, 6.07) is 16.0. The van der Waals surface area contributed by atoms with Crippen molar-refractivity contribution in [2.24, 2.45) is 0 Å². The average molecular weight is 541 g/mol. The lowest BCUT2D eigenvalue weighted by Crippen LogP contribution is -2.46. The second-order valence-corrected chi connectivity index (χ2v) is 10.8. The van der Waals surface area contributed by atoms with Gasteiger partial charge in [-0.25, -0.2) is 9.37 Å². The van der Waals surface area contributed by atoms with Crippen molar-refractivity contribution in [2.75, 3.05) is 71.4 Å². The topological polar surface area (TPSA) is 103 Å². The van der Waals surface area contributed by atoms with E-state index in [1.54, 1.807) is 0 Å². The van der Waals surface area contributed by atoms with Gasteiger partial charge in [0.25, 0.3) is 0 Å². The third-order valence-electron chi connectivity index (χ3n) is 8.18. The van der Waals surface area contributed by atoms with Gasteiger partial charge in [-0.15, -0.1) is 0 Å². The summed E-state index contributed by atoms with van der Waals surface area (Å²) >= 11 is 0. The molecule has 0 spiro atoms. The van der Waals surface area contributed by atoms with Gasteiger partial charge in [0.2, 0.25) is 5.36 Å². The van der Waals surface area contributed by atoms with Crippen molar-refractivity contribution < 1.29 is 24.2 Å². The molecular weight excluding hydrogens is 508 g/mol. The molecule has 0 saturated carbocycles. The Hall–Kier alpha value is -4.21. The molecule has 0 aromatic heterocycles. The van der Waals surface area contributed by atoms with Gasteiger partial charge < -0.3 is 29.2 Å². The summed E-state index contributed by atoms with van der Waals surface area (Å²) in [5.41, 5.74) is 3.26. The highest BCUT2D eigenvalue weighted by atomic mass is 16.4. The van der Waals surface area contributed by atoms with Gasteiger partial charge in [0.05, 0.1) is 30.7 Å². The molecule has 1 N–H and O–H groups in total. The van der Waals surface area contributed by atoms with Gasteiger partial charge in [0.1, 0.15) is 11.3 Å². The fraction of sp³-hybridized carbons (Fsp3) is 0.323. The second-order valence-electron chi connectivity index (χ2n) is 10.8. The van der Waals surface area contributed by atoms with Crippen LogP contribution in [0.1, 0.15) is 20.7 Å². The highest BCUT2D eigenvalue weighted by Crippen LogP contribution is 2.42. The summed E-state index contributed by atoms with van der Waals surface area (Å²) < 4.78 is 8.86. The van der Waals surface area contributed by atoms with E-state index >= 15 is 0 Å². The van der Waals surface area contributed by atoms with Gasteiger partial charge in [0, 0.05) is 60.5 Å². The van der Waals surface area contributed by atoms with Crippen molar-refractivity contribution in [1.82, 2.24) is 14.4 Å². The summed E-state index contributed by atoms with van der Waals surface area (Å²) in [7, 11) is 4.23. The number of hydrogen-bond donors (Lipinski definition) is 1. The Morgan fingerprint density at radius 1 is 0.850 bits per heavy atom. The number of fused-ring (bicyclic) bond motifs is 2. The zero-order valence-corrected chi connectivity index (χ0v) is 22.7. The summed E-state index contributed by atoms with van der Waals surface area (Å²) in [5, 5.41) is 23.6. The third-order valence-corrected chi connectivity index (χ3v) is 8.18. The number of carbonyl (C=O) groups excluding carboxylic acids is 1. The van der Waals surface area contributed by atoms with E-state index in [2.05, 4.69) is 33.4 Å². The van der Waals surface area contributed by atoms with Crippen LogP contribution >= 0.6 is 0 Å². The minimum atomic E-state index is -1.36. The van der Waals surface area contributed by atoms with Crippen LogP contribution < -0.4 is 19.9 Å². The molecule has 2 aromatic carbocycles. The van der Waals surface area contributed by atoms with Crippen LogP contribution in [-0.4, -0.2) is 93.3 Å². The van der Waals surface area contributed by atoms with E-state index in [4.69, 9.17) is 4.42 Å². The molecule has 4 aliphatic rings. The van der Waals surface area contributed by atoms with Gasteiger partial charge in [-0.05, 0) is 55.6 Å². The Morgan fingerprint density at radius 2 is 1.57 bits per heavy atom. The number of piperazine rings is 2. The Bertz CT molecular complexity index is 1660. The third kappa shape index (κ3) is 4.82. The smallest absolute Gasteiger partial charge is 0.336 e. The number of likely N-dealkylation sites (N-methyl/N-ethyl adjacent to an activating group) is 2. The van der Waals surface area contributed by atoms with Gasteiger partial charge >= 0.3 is 5.97 Å². The summed E-state index contributed by atoms with van der Waals surface area (Å²) in [6.45, 7) is 7.43. The average Bonchev–Trinajstić information content (AvgIpc) is 2.95. The highest BCUT2D eigenvalue weighted by molar-refractivity contribution is 6.09. The lowest BCUT2D eigenvalue weighted by Gasteiger charge is -2.34. The maximum absolute atomic E-state index is 12.3. The maximum Gasteiger partial charge on any atom is 0.336 e. The molecule has 0 unspecified atom stereocenters. The van der Waals surface area contributed by atoms with Crippen molar-refractivity contribution in [1.29, 1.82) is 0 Å². The molecule has 9 nitrogen and oxygen atoms in total. The molecule has 3 heterocycles. The minimum Gasteiger partial charge on any atom is -0.545 e. The first-order valence-electron chi connectivity index (χ1n) is 13.6. The summed E-state index contributed by atoms with van der Waals surface area (Å²) in [6.07, 6.45) is 0. The van der Waals surface area contributed by atoms with Gasteiger partial charge in [0.15, 0.2) is 13.1 Å². The number of hydrogen-bond acceptors (Lipinski definition) is 7. The van der Waals surface area contributed by atoms with Crippen molar-refractivity contribution in [3.63, 3.8) is 0 Å². The Morgan fingerprint density at radius 3 is 2.27 bits per heavy atom. The van der Waals surface area contributed by atoms with E-state index in [1.807, 2.05) is 36.4 Å². The number of anilines is 1. The molecule has 0 atom stereocenters. The SMILES string of the molecule is CN1CCN(c2ccc3c(-c4cc(C(=O)[O-])ccc4C(=O)O)c4ccc(=[N+]5CCN(C)CC5)cc-4oc3c2)CC1. The first kappa shape index (κ1) is 26.0. The summed E-state index contributed by atoms with van der Waals surface area (Å²) in [4.78, 5) is 31.0. The molecule has 2 aromatic rings. The van der Waals surface area contributed by atoms with E-state index < -0.39 is 11.9 Å². The van der Waals surface area contributed by atoms with E-state index in [9.17, 15) is 19.8 Å². The number of benzene rings is 3. The molecule has 3 aliphatic heterocycles. The van der Waals surface area contributed by atoms with Gasteiger partial charge in [-0.3, -0.25) is 4.90 Å². The van der Waals surface area contributed by atoms with Crippen LogP contribution in [-0.2, 0) is 0 Å². The molecule has 40 heavy (non-hydrogen) atoms. The number of aromatic carboxylic acids is 2. The van der Waals surface area contributed by atoms with Crippen LogP contribution in [0.4, 0.5) is 5.69 Å². The Labute approximate surface area is 232 Å². The number of nitrogens with zero attached hydrogens (tertiary/aromatic N) is 4. The highest BCUT2D eigenvalue weighted by Gasteiger charge is 2.25. The molecule has 6 rings (SSSR count). The lowest BCUT2D eigenvalue weighted by atomic mass is 9.89. The lowest BCUT2D eigenvalue weighted by molar-refractivity contribution is -0.255. The monoisotopic (exact) mass is 540 g/mol.